The van der Waals surface area contributed by atoms with Gasteiger partial charge in [0.1, 0.15) is 23.4 Å². The molecule has 0 unspecified atom stereocenters. The molecule has 2 heterocycles. The Kier molecular flexibility index (Phi) is 7.14. The number of fused-ring (bicyclic) bond motifs is 2. The number of benzene rings is 3. The quantitative estimate of drug-likeness (QED) is 0.351. The molecule has 1 fully saturated rings. The number of phenolic OH excluding ortho intramolecular Hbond substituents is 1. The molecule has 6 heteroatoms. The van der Waals surface area contributed by atoms with Crippen molar-refractivity contribution >= 4 is 28.8 Å². The van der Waals surface area contributed by atoms with Crippen LogP contribution in [0.2, 0.25) is 5.02 Å². The third kappa shape index (κ3) is 5.05. The van der Waals surface area contributed by atoms with Crippen molar-refractivity contribution in [3.05, 3.63) is 93.5 Å². The highest BCUT2D eigenvalue weighted by Gasteiger charge is 2.25. The molecule has 0 saturated carbocycles. The highest BCUT2D eigenvalue weighted by Crippen LogP contribution is 2.45. The summed E-state index contributed by atoms with van der Waals surface area (Å²) in [4.78, 5) is 2.27. The first-order valence-corrected chi connectivity index (χ1v) is 13.7. The maximum Gasteiger partial charge on any atom is 0.137 e. The molecule has 4 nitrogen and oxygen atoms in total. The summed E-state index contributed by atoms with van der Waals surface area (Å²) >= 11 is 6.40. The molecule has 38 heavy (non-hydrogen) atoms. The highest BCUT2D eigenvalue weighted by molar-refractivity contribution is 6.32. The maximum absolute atomic E-state index is 12.5. The molecule has 0 bridgehead atoms. The lowest BCUT2D eigenvalue weighted by Crippen LogP contribution is -2.26. The van der Waals surface area contributed by atoms with Crippen LogP contribution in [-0.2, 0) is 6.42 Å². The van der Waals surface area contributed by atoms with Crippen molar-refractivity contribution < 1.29 is 19.0 Å². The summed E-state index contributed by atoms with van der Waals surface area (Å²) in [5.74, 6) is 1.46. The van der Waals surface area contributed by atoms with Crippen LogP contribution >= 0.6 is 11.6 Å². The standard InChI is InChI=1S/C32H31ClFNO3/c33-29-18-28-31(19-30(29)36)37-16-12-27(24-6-5-21-3-1-4-23(21)17-24)32(28)22-7-9-25(10-8-22)38-26-11-15-35(20-26)14-2-13-34/h1,4-10,17-19,26,36H,2-3,11-16,20H2/t26-/m0/s1. The lowest BCUT2D eigenvalue weighted by atomic mass is 9.87. The van der Waals surface area contributed by atoms with Crippen molar-refractivity contribution in [3.63, 3.8) is 0 Å². The van der Waals surface area contributed by atoms with Gasteiger partial charge in [0, 0.05) is 37.7 Å². The first-order chi connectivity index (χ1) is 18.6. The summed E-state index contributed by atoms with van der Waals surface area (Å²) in [5.41, 5.74) is 7.88. The number of halogens is 2. The van der Waals surface area contributed by atoms with Crippen molar-refractivity contribution in [2.24, 2.45) is 0 Å². The average Bonchev–Trinajstić information content (AvgIpc) is 3.54. The minimum atomic E-state index is -0.275. The molecular formula is C32H31ClFNO3. The summed E-state index contributed by atoms with van der Waals surface area (Å²) in [5, 5.41) is 10.6. The predicted molar refractivity (Wildman–Crippen MR) is 151 cm³/mol. The van der Waals surface area contributed by atoms with E-state index < -0.39 is 0 Å². The fourth-order valence-electron chi connectivity index (χ4n) is 5.74. The van der Waals surface area contributed by atoms with Crippen LogP contribution in [0.25, 0.3) is 17.2 Å². The molecule has 1 aliphatic carbocycles. The van der Waals surface area contributed by atoms with E-state index in [0.29, 0.717) is 23.8 Å². The van der Waals surface area contributed by atoms with Gasteiger partial charge in [-0.05, 0) is 76.9 Å². The van der Waals surface area contributed by atoms with Crippen molar-refractivity contribution in [1.29, 1.82) is 0 Å². The van der Waals surface area contributed by atoms with Crippen LogP contribution in [0.4, 0.5) is 4.39 Å². The molecule has 196 valence electrons. The molecule has 1 saturated heterocycles. The van der Waals surface area contributed by atoms with E-state index in [1.54, 1.807) is 12.1 Å². The van der Waals surface area contributed by atoms with Crippen LogP contribution in [0.1, 0.15) is 47.1 Å². The fraction of sp³-hybridized carbons (Fsp3) is 0.312. The summed E-state index contributed by atoms with van der Waals surface area (Å²) in [7, 11) is 0. The molecule has 0 radical (unpaired) electrons. The van der Waals surface area contributed by atoms with Crippen LogP contribution in [0, 0.1) is 0 Å². The van der Waals surface area contributed by atoms with E-state index in [0.717, 1.165) is 66.9 Å². The molecule has 0 aromatic heterocycles. The molecule has 1 N–H and O–H groups in total. The summed E-state index contributed by atoms with van der Waals surface area (Å²) in [6.07, 6.45) is 7.71. The zero-order valence-corrected chi connectivity index (χ0v) is 22.0. The zero-order valence-electron chi connectivity index (χ0n) is 21.3. The fourth-order valence-corrected chi connectivity index (χ4v) is 5.90. The van der Waals surface area contributed by atoms with Crippen molar-refractivity contribution in [2.75, 3.05) is 32.9 Å². The second-order valence-electron chi connectivity index (χ2n) is 10.2. The van der Waals surface area contributed by atoms with Gasteiger partial charge < -0.3 is 14.6 Å². The zero-order chi connectivity index (χ0) is 26.1. The first kappa shape index (κ1) is 25.0. The molecule has 0 amide bonds. The van der Waals surface area contributed by atoms with E-state index in [9.17, 15) is 9.50 Å². The topological polar surface area (TPSA) is 41.9 Å². The molecular weight excluding hydrogens is 501 g/mol. The first-order valence-electron chi connectivity index (χ1n) is 13.3. The van der Waals surface area contributed by atoms with Gasteiger partial charge in [-0.3, -0.25) is 9.29 Å². The highest BCUT2D eigenvalue weighted by atomic mass is 35.5. The number of ether oxygens (including phenoxy) is 2. The monoisotopic (exact) mass is 531 g/mol. The van der Waals surface area contributed by atoms with Crippen LogP contribution in [0.5, 0.6) is 17.2 Å². The van der Waals surface area contributed by atoms with Crippen LogP contribution < -0.4 is 9.47 Å². The lowest BCUT2D eigenvalue weighted by Gasteiger charge is -2.18. The van der Waals surface area contributed by atoms with E-state index in [1.807, 2.05) is 12.1 Å². The van der Waals surface area contributed by atoms with E-state index in [4.69, 9.17) is 21.1 Å². The van der Waals surface area contributed by atoms with Gasteiger partial charge in [-0.25, -0.2) is 0 Å². The Morgan fingerprint density at radius 3 is 2.76 bits per heavy atom. The normalized spacial score (nSPS) is 18.7. The van der Waals surface area contributed by atoms with Gasteiger partial charge in [0.05, 0.1) is 18.3 Å². The number of hydrogen-bond acceptors (Lipinski definition) is 4. The van der Waals surface area contributed by atoms with E-state index >= 15 is 0 Å². The molecule has 3 aromatic rings. The number of aromatic hydroxyl groups is 1. The van der Waals surface area contributed by atoms with E-state index in [2.05, 4.69) is 47.4 Å². The summed E-state index contributed by atoms with van der Waals surface area (Å²) in [6.45, 7) is 2.78. The Bertz CT molecular complexity index is 1400. The Morgan fingerprint density at radius 2 is 1.92 bits per heavy atom. The second kappa shape index (κ2) is 10.8. The SMILES string of the molecule is Oc1cc2c(cc1Cl)C(c1ccc(O[C@H]3CCN(CCCF)C3)cc1)=C(c1ccc3c(c1)C=CC3)CCO2. The largest absolute Gasteiger partial charge is 0.506 e. The van der Waals surface area contributed by atoms with Crippen molar-refractivity contribution in [3.8, 4) is 17.2 Å². The van der Waals surface area contributed by atoms with Gasteiger partial charge in [0.15, 0.2) is 0 Å². The smallest absolute Gasteiger partial charge is 0.137 e. The van der Waals surface area contributed by atoms with Gasteiger partial charge in [0.2, 0.25) is 0 Å². The number of hydrogen-bond donors (Lipinski definition) is 1. The number of likely N-dealkylation sites (tertiary alicyclic amines) is 1. The summed E-state index contributed by atoms with van der Waals surface area (Å²) in [6, 6.07) is 18.3. The number of allylic oxidation sites excluding steroid dienone is 1. The number of alkyl halides is 1. The van der Waals surface area contributed by atoms with Gasteiger partial charge in [-0.1, -0.05) is 48.0 Å². The molecule has 3 aliphatic rings. The van der Waals surface area contributed by atoms with Gasteiger partial charge >= 0.3 is 0 Å². The number of nitrogens with zero attached hydrogens (tertiary/aromatic N) is 1. The Morgan fingerprint density at radius 1 is 1.08 bits per heavy atom. The number of rotatable bonds is 7. The second-order valence-corrected chi connectivity index (χ2v) is 10.6. The Balaban J connectivity index is 1.36. The van der Waals surface area contributed by atoms with E-state index in [-0.39, 0.29) is 18.5 Å². The van der Waals surface area contributed by atoms with Crippen LogP contribution in [0.3, 0.4) is 0 Å². The predicted octanol–water partition coefficient (Wildman–Crippen LogP) is 7.17. The lowest BCUT2D eigenvalue weighted by molar-refractivity contribution is 0.198. The molecule has 3 aromatic carbocycles. The molecule has 1 atom stereocenters. The number of phenols is 1. The van der Waals surface area contributed by atoms with E-state index in [1.165, 1.54) is 16.7 Å². The molecule has 2 aliphatic heterocycles. The minimum Gasteiger partial charge on any atom is -0.506 e. The van der Waals surface area contributed by atoms with Crippen molar-refractivity contribution in [2.45, 2.75) is 31.8 Å². The van der Waals surface area contributed by atoms with Gasteiger partial charge in [0.25, 0.3) is 0 Å². The minimum absolute atomic E-state index is 0.0109. The van der Waals surface area contributed by atoms with Crippen LogP contribution in [-0.4, -0.2) is 49.0 Å². The Hall–Kier alpha value is -3.28. The van der Waals surface area contributed by atoms with Crippen LogP contribution in [0.15, 0.2) is 60.7 Å². The van der Waals surface area contributed by atoms with Gasteiger partial charge in [-0.15, -0.1) is 0 Å². The molecule has 0 spiro atoms. The molecule has 6 rings (SSSR count). The summed E-state index contributed by atoms with van der Waals surface area (Å²) < 4.78 is 24.9. The third-order valence-corrected chi connectivity index (χ3v) is 7.94. The van der Waals surface area contributed by atoms with Gasteiger partial charge in [-0.2, -0.15) is 0 Å². The maximum atomic E-state index is 12.5. The average molecular weight is 532 g/mol. The van der Waals surface area contributed by atoms with Crippen molar-refractivity contribution in [1.82, 2.24) is 4.90 Å². The Labute approximate surface area is 228 Å². The third-order valence-electron chi connectivity index (χ3n) is 7.64.